The number of hydrogen-bond donors (Lipinski definition) is 1. The average molecular weight is 382 g/mol. The fourth-order valence-corrected chi connectivity index (χ4v) is 3.51. The van der Waals surface area contributed by atoms with Crippen molar-refractivity contribution in [2.75, 3.05) is 38.3 Å². The van der Waals surface area contributed by atoms with Crippen LogP contribution in [-0.2, 0) is 6.54 Å². The largest absolute Gasteiger partial charge is 0.454 e. The number of carbonyl (C=O) groups excluding carboxylic acids is 1. The molecule has 1 amide bonds. The molecule has 0 unspecified atom stereocenters. The molecule has 0 saturated carbocycles. The van der Waals surface area contributed by atoms with Crippen LogP contribution < -0.4 is 14.8 Å². The van der Waals surface area contributed by atoms with Gasteiger partial charge in [0.2, 0.25) is 6.79 Å². The topological polar surface area (TPSA) is 66.9 Å². The number of pyridine rings is 1. The zero-order valence-electron chi connectivity index (χ0n) is 16.4. The number of rotatable bonds is 5. The molecule has 1 saturated heterocycles. The van der Waals surface area contributed by atoms with E-state index in [-0.39, 0.29) is 5.91 Å². The zero-order valence-corrected chi connectivity index (χ0v) is 16.4. The molecule has 0 aliphatic carbocycles. The van der Waals surface area contributed by atoms with E-state index >= 15 is 0 Å². The van der Waals surface area contributed by atoms with Gasteiger partial charge < -0.3 is 19.7 Å². The molecular formula is C21H26N4O3. The highest BCUT2D eigenvalue weighted by atomic mass is 16.7. The van der Waals surface area contributed by atoms with E-state index in [0.717, 1.165) is 36.8 Å². The Morgan fingerprint density at radius 1 is 1.11 bits per heavy atom. The molecular weight excluding hydrogens is 356 g/mol. The number of fused-ring (bicyclic) bond motifs is 1. The summed E-state index contributed by atoms with van der Waals surface area (Å²) in [5.74, 6) is 1.62. The molecule has 28 heavy (non-hydrogen) atoms. The second-order valence-corrected chi connectivity index (χ2v) is 7.49. The lowest BCUT2D eigenvalue weighted by molar-refractivity contribution is 0.0623. The first-order chi connectivity index (χ1) is 13.6. The minimum atomic E-state index is -0.00109. The van der Waals surface area contributed by atoms with Crippen molar-refractivity contribution < 1.29 is 14.3 Å². The van der Waals surface area contributed by atoms with Gasteiger partial charge in [0.15, 0.2) is 11.5 Å². The maximum Gasteiger partial charge on any atom is 0.272 e. The van der Waals surface area contributed by atoms with Gasteiger partial charge in [0.25, 0.3) is 5.91 Å². The van der Waals surface area contributed by atoms with Crippen LogP contribution >= 0.6 is 0 Å². The minimum Gasteiger partial charge on any atom is -0.454 e. The number of aromatic nitrogens is 1. The Morgan fingerprint density at radius 3 is 2.61 bits per heavy atom. The van der Waals surface area contributed by atoms with Crippen molar-refractivity contribution in [1.29, 1.82) is 0 Å². The van der Waals surface area contributed by atoms with Crippen LogP contribution in [0.2, 0.25) is 0 Å². The molecule has 1 fully saturated rings. The van der Waals surface area contributed by atoms with Crippen LogP contribution in [0.15, 0.2) is 36.5 Å². The highest BCUT2D eigenvalue weighted by molar-refractivity contribution is 5.92. The second-order valence-electron chi connectivity index (χ2n) is 7.49. The van der Waals surface area contributed by atoms with Crippen molar-refractivity contribution >= 4 is 11.6 Å². The van der Waals surface area contributed by atoms with Gasteiger partial charge in [-0.1, -0.05) is 6.07 Å². The van der Waals surface area contributed by atoms with Gasteiger partial charge in [-0.2, -0.15) is 0 Å². The van der Waals surface area contributed by atoms with Crippen molar-refractivity contribution in [2.24, 2.45) is 0 Å². The van der Waals surface area contributed by atoms with Crippen LogP contribution in [0.25, 0.3) is 0 Å². The molecule has 0 atom stereocenters. The van der Waals surface area contributed by atoms with E-state index < -0.39 is 0 Å². The number of benzene rings is 1. The number of carbonyl (C=O) groups is 1. The summed E-state index contributed by atoms with van der Waals surface area (Å²) in [6.45, 7) is 8.37. The molecule has 1 aromatic heterocycles. The number of anilines is 1. The minimum absolute atomic E-state index is 0.00109. The third kappa shape index (κ3) is 4.20. The summed E-state index contributed by atoms with van der Waals surface area (Å²) in [6.07, 6.45) is 1.73. The Kier molecular flexibility index (Phi) is 5.34. The molecule has 0 bridgehead atoms. The molecule has 0 radical (unpaired) electrons. The number of hydrogen-bond acceptors (Lipinski definition) is 6. The number of nitrogens with zero attached hydrogens (tertiary/aromatic N) is 3. The van der Waals surface area contributed by atoms with Gasteiger partial charge in [0, 0.05) is 38.8 Å². The quantitative estimate of drug-likeness (QED) is 0.857. The van der Waals surface area contributed by atoms with E-state index in [9.17, 15) is 4.79 Å². The van der Waals surface area contributed by atoms with E-state index in [1.807, 2.05) is 23.1 Å². The summed E-state index contributed by atoms with van der Waals surface area (Å²) in [4.78, 5) is 21.3. The van der Waals surface area contributed by atoms with Crippen molar-refractivity contribution in [3.8, 4) is 11.5 Å². The SMILES string of the molecule is CC(C)Nc1ccc(C(=O)N2CCN(Cc3ccc4c(c3)OCO4)CC2)nc1. The fraction of sp³-hybridized carbons (Fsp3) is 0.429. The van der Waals surface area contributed by atoms with Gasteiger partial charge in [-0.25, -0.2) is 4.98 Å². The van der Waals surface area contributed by atoms with Crippen LogP contribution in [0.3, 0.4) is 0 Å². The molecule has 1 aromatic carbocycles. The van der Waals surface area contributed by atoms with Crippen LogP contribution in [0.4, 0.5) is 5.69 Å². The summed E-state index contributed by atoms with van der Waals surface area (Å²) in [5.41, 5.74) is 2.62. The van der Waals surface area contributed by atoms with Crippen LogP contribution in [-0.4, -0.2) is 59.7 Å². The molecule has 0 spiro atoms. The first kappa shape index (κ1) is 18.6. The first-order valence-corrected chi connectivity index (χ1v) is 9.71. The fourth-order valence-electron chi connectivity index (χ4n) is 3.51. The number of ether oxygens (including phenoxy) is 2. The number of amides is 1. The molecule has 3 heterocycles. The van der Waals surface area contributed by atoms with E-state index in [2.05, 4.69) is 35.1 Å². The lowest BCUT2D eigenvalue weighted by Crippen LogP contribution is -2.48. The average Bonchev–Trinajstić information content (AvgIpc) is 3.16. The Bertz CT molecular complexity index is 830. The van der Waals surface area contributed by atoms with Gasteiger partial charge in [0.05, 0.1) is 11.9 Å². The Balaban J connectivity index is 1.30. The molecule has 7 nitrogen and oxygen atoms in total. The maximum absolute atomic E-state index is 12.7. The normalized spacial score (nSPS) is 16.5. The smallest absolute Gasteiger partial charge is 0.272 e. The summed E-state index contributed by atoms with van der Waals surface area (Å²) in [7, 11) is 0. The van der Waals surface area contributed by atoms with Crippen LogP contribution in [0.1, 0.15) is 29.9 Å². The standard InChI is InChI=1S/C21H26N4O3/c1-15(2)23-17-4-5-18(22-12-17)21(26)25-9-7-24(8-10-25)13-16-3-6-19-20(11-16)28-14-27-19/h3-6,11-12,15,23H,7-10,13-14H2,1-2H3. The highest BCUT2D eigenvalue weighted by Gasteiger charge is 2.23. The van der Waals surface area contributed by atoms with Gasteiger partial charge in [-0.3, -0.25) is 9.69 Å². The molecule has 2 aliphatic heterocycles. The number of piperazine rings is 1. The third-order valence-electron chi connectivity index (χ3n) is 4.94. The highest BCUT2D eigenvalue weighted by Crippen LogP contribution is 2.32. The summed E-state index contributed by atoms with van der Waals surface area (Å²) >= 11 is 0. The van der Waals surface area contributed by atoms with Crippen LogP contribution in [0.5, 0.6) is 11.5 Å². The van der Waals surface area contributed by atoms with Crippen molar-refractivity contribution in [2.45, 2.75) is 26.4 Å². The molecule has 148 valence electrons. The third-order valence-corrected chi connectivity index (χ3v) is 4.94. The van der Waals surface area contributed by atoms with Crippen molar-refractivity contribution in [3.05, 3.63) is 47.8 Å². The van der Waals surface area contributed by atoms with E-state index in [1.165, 1.54) is 5.56 Å². The Hall–Kier alpha value is -2.80. The van der Waals surface area contributed by atoms with Crippen molar-refractivity contribution in [3.63, 3.8) is 0 Å². The first-order valence-electron chi connectivity index (χ1n) is 9.71. The predicted octanol–water partition coefficient (Wildman–Crippen LogP) is 2.59. The van der Waals surface area contributed by atoms with Gasteiger partial charge in [-0.15, -0.1) is 0 Å². The van der Waals surface area contributed by atoms with Gasteiger partial charge in [-0.05, 0) is 43.7 Å². The Morgan fingerprint density at radius 2 is 1.89 bits per heavy atom. The summed E-state index contributed by atoms with van der Waals surface area (Å²) < 4.78 is 10.8. The molecule has 7 heteroatoms. The number of nitrogens with one attached hydrogen (secondary N) is 1. The Labute approximate surface area is 165 Å². The molecule has 4 rings (SSSR count). The monoisotopic (exact) mass is 382 g/mol. The lowest BCUT2D eigenvalue weighted by Gasteiger charge is -2.34. The molecule has 2 aliphatic rings. The van der Waals surface area contributed by atoms with E-state index in [4.69, 9.17) is 9.47 Å². The van der Waals surface area contributed by atoms with Gasteiger partial charge >= 0.3 is 0 Å². The predicted molar refractivity (Wildman–Crippen MR) is 107 cm³/mol. The van der Waals surface area contributed by atoms with Gasteiger partial charge in [0.1, 0.15) is 5.69 Å². The zero-order chi connectivity index (χ0) is 19.5. The second kappa shape index (κ2) is 8.06. The van der Waals surface area contributed by atoms with E-state index in [0.29, 0.717) is 31.6 Å². The lowest BCUT2D eigenvalue weighted by atomic mass is 10.1. The maximum atomic E-state index is 12.7. The molecule has 1 N–H and O–H groups in total. The molecule has 2 aromatic rings. The van der Waals surface area contributed by atoms with Crippen LogP contribution in [0, 0.1) is 0 Å². The summed E-state index contributed by atoms with van der Waals surface area (Å²) in [5, 5.41) is 3.28. The van der Waals surface area contributed by atoms with Crippen molar-refractivity contribution in [1.82, 2.24) is 14.8 Å². The summed E-state index contributed by atoms with van der Waals surface area (Å²) in [6, 6.07) is 10.1. The van der Waals surface area contributed by atoms with E-state index in [1.54, 1.807) is 12.3 Å².